The molecular formula is C26H38N2O7. The molecule has 0 spiro atoms. The number of Topliss-reactive ketones (excluding diaryl/α,β-unsaturated/α-hetero) is 4. The van der Waals surface area contributed by atoms with Gasteiger partial charge in [0, 0.05) is 24.3 Å². The number of aliphatic hydroxyl groups excluding tert-OH is 2. The Labute approximate surface area is 205 Å². The summed E-state index contributed by atoms with van der Waals surface area (Å²) in [5.74, 6) is -7.43. The average Bonchev–Trinajstić information content (AvgIpc) is 2.81. The summed E-state index contributed by atoms with van der Waals surface area (Å²) in [5, 5.41) is 35.5. The van der Waals surface area contributed by atoms with Crippen molar-refractivity contribution in [3.63, 3.8) is 0 Å². The van der Waals surface area contributed by atoms with E-state index in [0.717, 1.165) is 32.2 Å². The zero-order valence-corrected chi connectivity index (χ0v) is 20.1. The molecule has 11 atom stereocenters. The van der Waals surface area contributed by atoms with Crippen molar-refractivity contribution >= 4 is 23.1 Å². The van der Waals surface area contributed by atoms with E-state index < -0.39 is 59.0 Å². The zero-order chi connectivity index (χ0) is 25.1. The quantitative estimate of drug-likeness (QED) is 0.266. The predicted octanol–water partition coefficient (Wildman–Crippen LogP) is -0.127. The molecule has 1 heterocycles. The van der Waals surface area contributed by atoms with E-state index >= 15 is 0 Å². The zero-order valence-electron chi connectivity index (χ0n) is 20.1. The van der Waals surface area contributed by atoms with E-state index in [1.807, 2.05) is 0 Å². The Morgan fingerprint density at radius 2 is 1.80 bits per heavy atom. The van der Waals surface area contributed by atoms with Gasteiger partial charge in [-0.05, 0) is 75.7 Å². The number of piperidine rings is 1. The number of ketones is 4. The van der Waals surface area contributed by atoms with E-state index in [1.54, 1.807) is 0 Å². The second-order valence-corrected chi connectivity index (χ2v) is 11.8. The predicted molar refractivity (Wildman–Crippen MR) is 124 cm³/mol. The van der Waals surface area contributed by atoms with Gasteiger partial charge in [0.2, 0.25) is 0 Å². The minimum absolute atomic E-state index is 0.0383. The third-order valence-corrected chi connectivity index (χ3v) is 9.92. The standard InChI is InChI=1S/C26H38N2O7/c27-25(34)21-18(30)11-14-9-13-10-16-12(4-6-15-3-1-2-8-28-15)5-7-17(29)20(16)22(31)19(13)23(32)26(14,35)24(21)33/h12-17,19-21,25,28-29,34-35H,1-11,27H2/t12?,13-,14+,15?,16?,17?,19?,20?,21?,25?,26+/m1/s1. The highest BCUT2D eigenvalue weighted by Crippen LogP contribution is 2.54. The molecule has 4 saturated carbocycles. The number of hydrogen-bond donors (Lipinski definition) is 5. The van der Waals surface area contributed by atoms with Gasteiger partial charge >= 0.3 is 0 Å². The van der Waals surface area contributed by atoms with E-state index in [1.165, 1.54) is 12.8 Å². The highest BCUT2D eigenvalue weighted by molar-refractivity contribution is 6.24. The Kier molecular flexibility index (Phi) is 6.76. The highest BCUT2D eigenvalue weighted by Gasteiger charge is 2.67. The fourth-order valence-electron chi connectivity index (χ4n) is 8.17. The molecule has 0 radical (unpaired) electrons. The molecule has 194 valence electrons. The van der Waals surface area contributed by atoms with Gasteiger partial charge < -0.3 is 26.4 Å². The number of fused-ring (bicyclic) bond motifs is 3. The maximum Gasteiger partial charge on any atom is 0.186 e. The molecule has 4 aliphatic carbocycles. The molecule has 0 aromatic heterocycles. The van der Waals surface area contributed by atoms with Crippen LogP contribution in [0.2, 0.25) is 0 Å². The van der Waals surface area contributed by atoms with Gasteiger partial charge in [0.25, 0.3) is 0 Å². The third kappa shape index (κ3) is 4.03. The first-order valence-corrected chi connectivity index (χ1v) is 13.4. The summed E-state index contributed by atoms with van der Waals surface area (Å²) in [7, 11) is 0. The number of nitrogens with one attached hydrogen (secondary N) is 1. The Morgan fingerprint density at radius 1 is 1.03 bits per heavy atom. The minimum atomic E-state index is -2.49. The molecule has 1 saturated heterocycles. The van der Waals surface area contributed by atoms with Crippen LogP contribution < -0.4 is 11.1 Å². The SMILES string of the molecule is NC(O)C1C(=O)C[C@@H]2C[C@@H]3CC4C(CCC5CCCCN5)CCC(O)C4C(=O)C3C(=O)[C@]2(O)C1=O. The minimum Gasteiger partial charge on any atom is -0.392 e. The lowest BCUT2D eigenvalue weighted by molar-refractivity contribution is -0.185. The summed E-state index contributed by atoms with van der Waals surface area (Å²) in [6.45, 7) is 1.04. The van der Waals surface area contributed by atoms with E-state index in [-0.39, 0.29) is 36.4 Å². The normalized spacial score (nSPS) is 47.0. The summed E-state index contributed by atoms with van der Waals surface area (Å²) in [6, 6.07) is 0.484. The van der Waals surface area contributed by atoms with Crippen molar-refractivity contribution in [1.29, 1.82) is 0 Å². The Bertz CT molecular complexity index is 900. The van der Waals surface area contributed by atoms with Crippen LogP contribution in [0.25, 0.3) is 0 Å². The molecule has 0 amide bonds. The molecule has 1 aliphatic heterocycles. The lowest BCUT2D eigenvalue weighted by atomic mass is 9.49. The average molecular weight is 491 g/mol. The van der Waals surface area contributed by atoms with Gasteiger partial charge in [-0.1, -0.05) is 6.42 Å². The van der Waals surface area contributed by atoms with Crippen molar-refractivity contribution in [2.45, 2.75) is 88.2 Å². The van der Waals surface area contributed by atoms with Gasteiger partial charge in [-0.2, -0.15) is 0 Å². The van der Waals surface area contributed by atoms with E-state index in [9.17, 15) is 34.5 Å². The molecule has 8 unspecified atom stereocenters. The summed E-state index contributed by atoms with van der Waals surface area (Å²) < 4.78 is 0. The first kappa shape index (κ1) is 25.1. The summed E-state index contributed by atoms with van der Waals surface area (Å²) in [6.07, 6.45) is 4.84. The number of nitrogens with two attached hydrogens (primary N) is 1. The number of carbonyl (C=O) groups is 4. The number of hydrogen-bond acceptors (Lipinski definition) is 9. The van der Waals surface area contributed by atoms with Crippen LogP contribution in [0.1, 0.15) is 64.2 Å². The van der Waals surface area contributed by atoms with Crippen LogP contribution in [0, 0.1) is 41.4 Å². The maximum absolute atomic E-state index is 13.7. The van der Waals surface area contributed by atoms with Gasteiger partial charge in [0.15, 0.2) is 17.2 Å². The van der Waals surface area contributed by atoms with Crippen molar-refractivity contribution in [1.82, 2.24) is 5.32 Å². The van der Waals surface area contributed by atoms with Crippen LogP contribution in [-0.4, -0.2) is 69.0 Å². The van der Waals surface area contributed by atoms with Gasteiger partial charge in [-0.15, -0.1) is 0 Å². The first-order chi connectivity index (χ1) is 16.6. The lowest BCUT2D eigenvalue weighted by Crippen LogP contribution is -2.70. The molecule has 5 aliphatic rings. The molecule has 0 aromatic carbocycles. The molecule has 35 heavy (non-hydrogen) atoms. The first-order valence-electron chi connectivity index (χ1n) is 13.4. The van der Waals surface area contributed by atoms with Gasteiger partial charge in [-0.25, -0.2) is 0 Å². The molecule has 5 fully saturated rings. The smallest absolute Gasteiger partial charge is 0.186 e. The van der Waals surface area contributed by atoms with Crippen molar-refractivity contribution in [2.75, 3.05) is 6.54 Å². The molecule has 0 aromatic rings. The molecule has 9 heteroatoms. The number of carbonyl (C=O) groups excluding carboxylic acids is 4. The number of rotatable bonds is 4. The van der Waals surface area contributed by atoms with Crippen LogP contribution in [-0.2, 0) is 19.2 Å². The lowest BCUT2D eigenvalue weighted by Gasteiger charge is -2.54. The molecule has 0 bridgehead atoms. The second-order valence-electron chi connectivity index (χ2n) is 11.8. The molecule has 5 rings (SSSR count). The third-order valence-electron chi connectivity index (χ3n) is 9.92. The van der Waals surface area contributed by atoms with Gasteiger partial charge in [0.05, 0.1) is 12.0 Å². The largest absolute Gasteiger partial charge is 0.392 e. The van der Waals surface area contributed by atoms with Crippen LogP contribution in [0.4, 0.5) is 0 Å². The van der Waals surface area contributed by atoms with Gasteiger partial charge in [-0.3, -0.25) is 19.2 Å². The van der Waals surface area contributed by atoms with Crippen molar-refractivity contribution in [3.05, 3.63) is 0 Å². The second kappa shape index (κ2) is 9.41. The van der Waals surface area contributed by atoms with E-state index in [0.29, 0.717) is 18.9 Å². The summed E-state index contributed by atoms with van der Waals surface area (Å²) in [5.41, 5.74) is 2.93. The summed E-state index contributed by atoms with van der Waals surface area (Å²) in [4.78, 5) is 52.9. The Morgan fingerprint density at radius 3 is 2.49 bits per heavy atom. The van der Waals surface area contributed by atoms with Crippen LogP contribution in [0.15, 0.2) is 0 Å². The van der Waals surface area contributed by atoms with E-state index in [4.69, 9.17) is 5.73 Å². The Hall–Kier alpha value is -1.52. The van der Waals surface area contributed by atoms with Crippen molar-refractivity contribution in [2.24, 2.45) is 47.2 Å². The van der Waals surface area contributed by atoms with Crippen molar-refractivity contribution in [3.8, 4) is 0 Å². The van der Waals surface area contributed by atoms with Gasteiger partial charge in [0.1, 0.15) is 23.7 Å². The summed E-state index contributed by atoms with van der Waals surface area (Å²) >= 11 is 0. The molecular weight excluding hydrogens is 452 g/mol. The Balaban J connectivity index is 1.38. The van der Waals surface area contributed by atoms with Crippen LogP contribution in [0.3, 0.4) is 0 Å². The highest BCUT2D eigenvalue weighted by atomic mass is 16.3. The van der Waals surface area contributed by atoms with Crippen LogP contribution >= 0.6 is 0 Å². The van der Waals surface area contributed by atoms with Crippen molar-refractivity contribution < 1.29 is 34.5 Å². The molecule has 6 N–H and O–H groups in total. The number of aliphatic hydroxyl groups is 3. The van der Waals surface area contributed by atoms with E-state index in [2.05, 4.69) is 5.32 Å². The monoisotopic (exact) mass is 490 g/mol. The fourth-order valence-corrected chi connectivity index (χ4v) is 8.17. The van der Waals surface area contributed by atoms with Crippen LogP contribution in [0.5, 0.6) is 0 Å². The molecule has 9 nitrogen and oxygen atoms in total. The fraction of sp³-hybridized carbons (Fsp3) is 0.846. The maximum atomic E-state index is 13.7. The topological polar surface area (TPSA) is 167 Å².